The normalized spacial score (nSPS) is 21.3. The highest BCUT2D eigenvalue weighted by Gasteiger charge is 2.21. The van der Waals surface area contributed by atoms with E-state index in [1.807, 2.05) is 0 Å². The molecular weight excluding hydrogens is 208 g/mol. The number of nitrogen functional groups attached to an aromatic ring is 1. The molecule has 94 valence electrons. The van der Waals surface area contributed by atoms with E-state index in [1.54, 1.807) is 0 Å². The predicted octanol–water partition coefficient (Wildman–Crippen LogP) is 3.74. The minimum atomic E-state index is 0.669. The average Bonchev–Trinajstić information content (AvgIpc) is 2.54. The van der Waals surface area contributed by atoms with Crippen molar-refractivity contribution in [2.45, 2.75) is 52.0 Å². The summed E-state index contributed by atoms with van der Waals surface area (Å²) in [6.07, 6.45) is 6.54. The van der Waals surface area contributed by atoms with E-state index in [9.17, 15) is 0 Å². The van der Waals surface area contributed by atoms with Gasteiger partial charge in [0.25, 0.3) is 0 Å². The SMILES string of the molecule is CCC1CCCCCN1c1ccc(C)cc1N. The molecule has 0 spiro atoms. The van der Waals surface area contributed by atoms with Crippen molar-refractivity contribution in [1.29, 1.82) is 0 Å². The van der Waals surface area contributed by atoms with Crippen molar-refractivity contribution in [3.63, 3.8) is 0 Å². The van der Waals surface area contributed by atoms with Crippen LogP contribution >= 0.6 is 0 Å². The van der Waals surface area contributed by atoms with Crippen LogP contribution in [0.4, 0.5) is 11.4 Å². The average molecular weight is 232 g/mol. The van der Waals surface area contributed by atoms with E-state index in [1.165, 1.54) is 43.4 Å². The van der Waals surface area contributed by atoms with Crippen LogP contribution in [0.2, 0.25) is 0 Å². The van der Waals surface area contributed by atoms with Crippen molar-refractivity contribution in [1.82, 2.24) is 0 Å². The molecule has 1 atom stereocenters. The van der Waals surface area contributed by atoms with Crippen LogP contribution in [-0.2, 0) is 0 Å². The van der Waals surface area contributed by atoms with Gasteiger partial charge in [0.05, 0.1) is 11.4 Å². The molecule has 0 saturated carbocycles. The highest BCUT2D eigenvalue weighted by molar-refractivity contribution is 5.68. The maximum Gasteiger partial charge on any atom is 0.0602 e. The summed E-state index contributed by atoms with van der Waals surface area (Å²) < 4.78 is 0. The highest BCUT2D eigenvalue weighted by atomic mass is 15.2. The van der Waals surface area contributed by atoms with Crippen LogP contribution in [0.1, 0.15) is 44.6 Å². The first-order valence-corrected chi connectivity index (χ1v) is 6.85. The Bertz CT molecular complexity index is 373. The van der Waals surface area contributed by atoms with Crippen molar-refractivity contribution in [2.75, 3.05) is 17.2 Å². The number of aryl methyl sites for hydroxylation is 1. The summed E-state index contributed by atoms with van der Waals surface area (Å²) in [7, 11) is 0. The molecule has 0 radical (unpaired) electrons. The number of rotatable bonds is 2. The van der Waals surface area contributed by atoms with Gasteiger partial charge >= 0.3 is 0 Å². The molecule has 1 aliphatic heterocycles. The third-order valence-electron chi connectivity index (χ3n) is 3.84. The first-order chi connectivity index (χ1) is 8.22. The lowest BCUT2D eigenvalue weighted by Crippen LogP contribution is -2.34. The second kappa shape index (κ2) is 5.44. The molecule has 1 unspecified atom stereocenters. The fraction of sp³-hybridized carbons (Fsp3) is 0.600. The van der Waals surface area contributed by atoms with Gasteiger partial charge in [0.15, 0.2) is 0 Å². The van der Waals surface area contributed by atoms with Gasteiger partial charge in [-0.3, -0.25) is 0 Å². The lowest BCUT2D eigenvalue weighted by atomic mass is 10.1. The fourth-order valence-corrected chi connectivity index (χ4v) is 2.85. The minimum absolute atomic E-state index is 0.669. The Morgan fingerprint density at radius 1 is 1.29 bits per heavy atom. The van der Waals surface area contributed by atoms with Crippen LogP contribution in [0.15, 0.2) is 18.2 Å². The van der Waals surface area contributed by atoms with Gasteiger partial charge in [-0.25, -0.2) is 0 Å². The Hall–Kier alpha value is -1.18. The maximum absolute atomic E-state index is 6.18. The first kappa shape index (κ1) is 12.3. The monoisotopic (exact) mass is 232 g/mol. The molecule has 0 bridgehead atoms. The van der Waals surface area contributed by atoms with E-state index in [0.29, 0.717) is 6.04 Å². The van der Waals surface area contributed by atoms with Crippen LogP contribution in [0.5, 0.6) is 0 Å². The van der Waals surface area contributed by atoms with Crippen LogP contribution in [0, 0.1) is 6.92 Å². The molecule has 17 heavy (non-hydrogen) atoms. The maximum atomic E-state index is 6.18. The molecule has 2 rings (SSSR count). The number of hydrogen-bond donors (Lipinski definition) is 1. The van der Waals surface area contributed by atoms with Crippen LogP contribution < -0.4 is 10.6 Å². The predicted molar refractivity (Wildman–Crippen MR) is 75.5 cm³/mol. The number of nitrogens with zero attached hydrogens (tertiary/aromatic N) is 1. The lowest BCUT2D eigenvalue weighted by molar-refractivity contribution is 0.557. The summed E-state index contributed by atoms with van der Waals surface area (Å²) >= 11 is 0. The van der Waals surface area contributed by atoms with E-state index in [4.69, 9.17) is 5.73 Å². The minimum Gasteiger partial charge on any atom is -0.397 e. The van der Waals surface area contributed by atoms with Crippen molar-refractivity contribution < 1.29 is 0 Å². The molecule has 1 aromatic carbocycles. The molecule has 0 aliphatic carbocycles. The van der Waals surface area contributed by atoms with Gasteiger partial charge in [-0.2, -0.15) is 0 Å². The molecule has 0 amide bonds. The fourth-order valence-electron chi connectivity index (χ4n) is 2.85. The van der Waals surface area contributed by atoms with E-state index in [2.05, 4.69) is 36.9 Å². The number of nitrogens with two attached hydrogens (primary N) is 1. The summed E-state index contributed by atoms with van der Waals surface area (Å²) in [6.45, 7) is 5.54. The Kier molecular flexibility index (Phi) is 3.93. The second-order valence-electron chi connectivity index (χ2n) is 5.17. The van der Waals surface area contributed by atoms with E-state index >= 15 is 0 Å². The molecule has 2 nitrogen and oxygen atoms in total. The lowest BCUT2D eigenvalue weighted by Gasteiger charge is -2.32. The molecule has 1 aliphatic rings. The number of hydrogen-bond acceptors (Lipinski definition) is 2. The number of anilines is 2. The van der Waals surface area contributed by atoms with E-state index in [-0.39, 0.29) is 0 Å². The van der Waals surface area contributed by atoms with Gasteiger partial charge in [-0.15, -0.1) is 0 Å². The molecule has 2 N–H and O–H groups in total. The van der Waals surface area contributed by atoms with E-state index < -0.39 is 0 Å². The van der Waals surface area contributed by atoms with Gasteiger partial charge in [-0.05, 0) is 43.9 Å². The Balaban J connectivity index is 2.28. The summed E-state index contributed by atoms with van der Waals surface area (Å²) in [5, 5.41) is 0. The molecular formula is C15H24N2. The second-order valence-corrected chi connectivity index (χ2v) is 5.17. The summed E-state index contributed by atoms with van der Waals surface area (Å²) in [6, 6.07) is 7.12. The van der Waals surface area contributed by atoms with Crippen LogP contribution in [-0.4, -0.2) is 12.6 Å². The molecule has 1 saturated heterocycles. The van der Waals surface area contributed by atoms with Crippen LogP contribution in [0.25, 0.3) is 0 Å². The van der Waals surface area contributed by atoms with Gasteiger partial charge in [0.2, 0.25) is 0 Å². The summed E-state index contributed by atoms with van der Waals surface area (Å²) in [5.74, 6) is 0. The number of benzene rings is 1. The zero-order chi connectivity index (χ0) is 12.3. The van der Waals surface area contributed by atoms with Crippen molar-refractivity contribution in [2.24, 2.45) is 0 Å². The Morgan fingerprint density at radius 3 is 2.82 bits per heavy atom. The van der Waals surface area contributed by atoms with Gasteiger partial charge < -0.3 is 10.6 Å². The molecule has 1 heterocycles. The Morgan fingerprint density at radius 2 is 2.12 bits per heavy atom. The smallest absolute Gasteiger partial charge is 0.0602 e. The Labute approximate surface area is 105 Å². The zero-order valence-corrected chi connectivity index (χ0v) is 11.1. The molecule has 1 aromatic rings. The van der Waals surface area contributed by atoms with Crippen LogP contribution in [0.3, 0.4) is 0 Å². The topological polar surface area (TPSA) is 29.3 Å². The molecule has 1 fully saturated rings. The van der Waals surface area contributed by atoms with E-state index in [0.717, 1.165) is 12.2 Å². The highest BCUT2D eigenvalue weighted by Crippen LogP contribution is 2.30. The summed E-state index contributed by atoms with van der Waals surface area (Å²) in [4.78, 5) is 2.53. The van der Waals surface area contributed by atoms with Crippen molar-refractivity contribution in [3.8, 4) is 0 Å². The van der Waals surface area contributed by atoms with Gasteiger partial charge in [0, 0.05) is 12.6 Å². The largest absolute Gasteiger partial charge is 0.397 e. The molecule has 2 heteroatoms. The van der Waals surface area contributed by atoms with Crippen molar-refractivity contribution >= 4 is 11.4 Å². The quantitative estimate of drug-likeness (QED) is 0.787. The third kappa shape index (κ3) is 2.74. The summed E-state index contributed by atoms with van der Waals surface area (Å²) in [5.41, 5.74) is 9.60. The first-order valence-electron chi connectivity index (χ1n) is 6.85. The van der Waals surface area contributed by atoms with Crippen molar-refractivity contribution in [3.05, 3.63) is 23.8 Å². The van der Waals surface area contributed by atoms with Gasteiger partial charge in [-0.1, -0.05) is 25.8 Å². The molecule has 0 aromatic heterocycles. The van der Waals surface area contributed by atoms with Gasteiger partial charge in [0.1, 0.15) is 0 Å². The third-order valence-corrected chi connectivity index (χ3v) is 3.84. The standard InChI is InChI=1S/C15H24N2/c1-3-13-7-5-4-6-10-17(13)15-9-8-12(2)11-14(15)16/h8-9,11,13H,3-7,10,16H2,1-2H3. The zero-order valence-electron chi connectivity index (χ0n) is 11.1.